The van der Waals surface area contributed by atoms with Crippen molar-refractivity contribution in [2.45, 2.75) is 6.92 Å². The van der Waals surface area contributed by atoms with Crippen LogP contribution < -0.4 is 0 Å². The molecule has 2 aromatic rings. The summed E-state index contributed by atoms with van der Waals surface area (Å²) in [7, 11) is 1.25. The normalized spacial score (nSPS) is 12.8. The lowest BCUT2D eigenvalue weighted by Gasteiger charge is -2.14. The van der Waals surface area contributed by atoms with Crippen LogP contribution in [-0.2, 0) is 9.57 Å². The highest BCUT2D eigenvalue weighted by Gasteiger charge is 2.38. The summed E-state index contributed by atoms with van der Waals surface area (Å²) < 4.78 is 4.61. The molecule has 2 aromatic carbocycles. The molecule has 2 amide bonds. The number of carbonyl (C=O) groups is 4. The molecule has 7 heteroatoms. The number of fused-ring (bicyclic) bond motifs is 1. The Hall–Kier alpha value is -3.48. The summed E-state index contributed by atoms with van der Waals surface area (Å²) in [6, 6.07) is 10.4. The van der Waals surface area contributed by atoms with Crippen LogP contribution in [0.5, 0.6) is 0 Å². The third-order valence-corrected chi connectivity index (χ3v) is 3.80. The van der Waals surface area contributed by atoms with Crippen LogP contribution in [0, 0.1) is 6.92 Å². The number of carbonyl (C=O) groups excluding carboxylic acids is 4. The average Bonchev–Trinajstić information content (AvgIpc) is 2.86. The molecule has 0 fully saturated rings. The number of esters is 1. The molecule has 0 atom stereocenters. The molecule has 0 saturated carbocycles. The summed E-state index contributed by atoms with van der Waals surface area (Å²) in [5.74, 6) is -2.80. The molecule has 1 aliphatic heterocycles. The molecule has 1 heterocycles. The number of hydrogen-bond acceptors (Lipinski definition) is 6. The SMILES string of the molecule is COC(=O)c1ccc(C(=O)ON2C(=O)c3ccccc3C2=O)c(C)c1. The highest BCUT2D eigenvalue weighted by atomic mass is 16.7. The Morgan fingerprint density at radius 3 is 2.04 bits per heavy atom. The van der Waals surface area contributed by atoms with E-state index in [0.717, 1.165) is 0 Å². The van der Waals surface area contributed by atoms with Crippen LogP contribution in [0.1, 0.15) is 47.0 Å². The predicted octanol–water partition coefficient (Wildman–Crippen LogP) is 2.15. The van der Waals surface area contributed by atoms with Gasteiger partial charge in [-0.3, -0.25) is 9.59 Å². The number of hydrogen-bond donors (Lipinski definition) is 0. The van der Waals surface area contributed by atoms with Gasteiger partial charge in [-0.2, -0.15) is 0 Å². The quantitative estimate of drug-likeness (QED) is 0.629. The smallest absolute Gasteiger partial charge is 0.364 e. The number of benzene rings is 2. The Labute approximate surface area is 142 Å². The van der Waals surface area contributed by atoms with Gasteiger partial charge in [0.25, 0.3) is 11.8 Å². The molecular weight excluding hydrogens is 326 g/mol. The van der Waals surface area contributed by atoms with Crippen molar-refractivity contribution in [1.82, 2.24) is 5.06 Å². The number of methoxy groups -OCH3 is 1. The summed E-state index contributed by atoms with van der Waals surface area (Å²) in [6.45, 7) is 1.60. The lowest BCUT2D eigenvalue weighted by molar-refractivity contribution is -0.0585. The number of imide groups is 1. The van der Waals surface area contributed by atoms with E-state index in [-0.39, 0.29) is 22.3 Å². The van der Waals surface area contributed by atoms with E-state index < -0.39 is 23.8 Å². The van der Waals surface area contributed by atoms with Crippen molar-refractivity contribution in [1.29, 1.82) is 0 Å². The number of amides is 2. The van der Waals surface area contributed by atoms with Crippen LogP contribution in [0.15, 0.2) is 42.5 Å². The minimum absolute atomic E-state index is 0.129. The Morgan fingerprint density at radius 1 is 0.920 bits per heavy atom. The third-order valence-electron chi connectivity index (χ3n) is 3.80. The molecule has 1 aliphatic rings. The van der Waals surface area contributed by atoms with Crippen LogP contribution in [0.4, 0.5) is 0 Å². The van der Waals surface area contributed by atoms with E-state index in [1.165, 1.54) is 37.4 Å². The van der Waals surface area contributed by atoms with Crippen molar-refractivity contribution in [2.24, 2.45) is 0 Å². The molecule has 0 bridgehead atoms. The second kappa shape index (κ2) is 6.20. The zero-order valence-electron chi connectivity index (χ0n) is 13.4. The van der Waals surface area contributed by atoms with Gasteiger partial charge in [0.1, 0.15) is 0 Å². The van der Waals surface area contributed by atoms with Crippen molar-refractivity contribution < 1.29 is 28.8 Å². The molecule has 0 unspecified atom stereocenters. The van der Waals surface area contributed by atoms with Crippen molar-refractivity contribution in [3.63, 3.8) is 0 Å². The number of ether oxygens (including phenoxy) is 1. The number of aryl methyl sites for hydroxylation is 1. The maximum atomic E-state index is 12.3. The minimum Gasteiger partial charge on any atom is -0.465 e. The first-order valence-corrected chi connectivity index (χ1v) is 7.33. The van der Waals surface area contributed by atoms with E-state index in [1.807, 2.05) is 0 Å². The second-order valence-electron chi connectivity index (χ2n) is 5.35. The van der Waals surface area contributed by atoms with Crippen molar-refractivity contribution in [3.05, 3.63) is 70.3 Å². The van der Waals surface area contributed by atoms with Crippen LogP contribution in [0.3, 0.4) is 0 Å². The van der Waals surface area contributed by atoms with Gasteiger partial charge in [-0.15, -0.1) is 0 Å². The number of rotatable bonds is 3. The van der Waals surface area contributed by atoms with Crippen LogP contribution in [0.2, 0.25) is 0 Å². The molecule has 0 aromatic heterocycles. The lowest BCUT2D eigenvalue weighted by Crippen LogP contribution is -2.32. The molecule has 126 valence electrons. The molecule has 0 spiro atoms. The van der Waals surface area contributed by atoms with E-state index in [9.17, 15) is 19.2 Å². The number of hydroxylamine groups is 2. The van der Waals surface area contributed by atoms with Crippen LogP contribution in [-0.4, -0.2) is 35.9 Å². The van der Waals surface area contributed by atoms with Gasteiger partial charge >= 0.3 is 11.9 Å². The first kappa shape index (κ1) is 16.4. The molecule has 7 nitrogen and oxygen atoms in total. The molecule has 0 N–H and O–H groups in total. The van der Waals surface area contributed by atoms with Gasteiger partial charge in [0.05, 0.1) is 29.4 Å². The Morgan fingerprint density at radius 2 is 1.52 bits per heavy atom. The Kier molecular flexibility index (Phi) is 4.06. The summed E-state index contributed by atoms with van der Waals surface area (Å²) in [5, 5.41) is 0.445. The molecule has 3 rings (SSSR count). The lowest BCUT2D eigenvalue weighted by atomic mass is 10.1. The molecule has 0 saturated heterocycles. The van der Waals surface area contributed by atoms with Gasteiger partial charge < -0.3 is 9.57 Å². The van der Waals surface area contributed by atoms with Gasteiger partial charge in [-0.05, 0) is 42.8 Å². The Balaban J connectivity index is 1.83. The molecule has 25 heavy (non-hydrogen) atoms. The van der Waals surface area contributed by atoms with E-state index in [4.69, 9.17) is 4.84 Å². The maximum absolute atomic E-state index is 12.3. The fourth-order valence-corrected chi connectivity index (χ4v) is 2.52. The summed E-state index contributed by atoms with van der Waals surface area (Å²) >= 11 is 0. The van der Waals surface area contributed by atoms with Gasteiger partial charge in [-0.25, -0.2) is 9.59 Å². The number of nitrogens with zero attached hydrogens (tertiary/aromatic N) is 1. The van der Waals surface area contributed by atoms with Gasteiger partial charge in [0.15, 0.2) is 0 Å². The maximum Gasteiger partial charge on any atom is 0.364 e. The van der Waals surface area contributed by atoms with E-state index >= 15 is 0 Å². The van der Waals surface area contributed by atoms with Crippen LogP contribution >= 0.6 is 0 Å². The zero-order valence-corrected chi connectivity index (χ0v) is 13.4. The second-order valence-corrected chi connectivity index (χ2v) is 5.35. The molecule has 0 radical (unpaired) electrons. The van der Waals surface area contributed by atoms with Crippen molar-refractivity contribution in [2.75, 3.05) is 7.11 Å². The van der Waals surface area contributed by atoms with Gasteiger partial charge in [0, 0.05) is 0 Å². The van der Waals surface area contributed by atoms with E-state index in [0.29, 0.717) is 10.6 Å². The Bertz CT molecular complexity index is 883. The summed E-state index contributed by atoms with van der Waals surface area (Å²) in [6.07, 6.45) is 0. The average molecular weight is 339 g/mol. The fourth-order valence-electron chi connectivity index (χ4n) is 2.52. The summed E-state index contributed by atoms with van der Waals surface area (Å²) in [4.78, 5) is 53.2. The first-order chi connectivity index (χ1) is 11.9. The van der Waals surface area contributed by atoms with Crippen LogP contribution in [0.25, 0.3) is 0 Å². The van der Waals surface area contributed by atoms with E-state index in [2.05, 4.69) is 4.74 Å². The highest BCUT2D eigenvalue weighted by Crippen LogP contribution is 2.24. The molecular formula is C18H13NO6. The van der Waals surface area contributed by atoms with E-state index in [1.54, 1.807) is 19.1 Å². The van der Waals surface area contributed by atoms with Crippen molar-refractivity contribution in [3.8, 4) is 0 Å². The topological polar surface area (TPSA) is 90.0 Å². The predicted molar refractivity (Wildman–Crippen MR) is 84.9 cm³/mol. The third kappa shape index (κ3) is 2.76. The minimum atomic E-state index is -0.872. The highest BCUT2D eigenvalue weighted by molar-refractivity contribution is 6.21. The first-order valence-electron chi connectivity index (χ1n) is 7.33. The molecule has 0 aliphatic carbocycles. The van der Waals surface area contributed by atoms with Gasteiger partial charge in [-0.1, -0.05) is 17.2 Å². The standard InChI is InChI=1S/C18H13NO6/c1-10-9-11(17(22)24-2)7-8-12(10)18(23)25-19-15(20)13-5-3-4-6-14(13)16(19)21/h3-9H,1-2H3. The largest absolute Gasteiger partial charge is 0.465 e. The fraction of sp³-hybridized carbons (Fsp3) is 0.111. The summed E-state index contributed by atoms with van der Waals surface area (Å²) in [5.41, 5.74) is 1.21. The van der Waals surface area contributed by atoms with Crippen molar-refractivity contribution >= 4 is 23.8 Å². The monoisotopic (exact) mass is 339 g/mol. The van der Waals surface area contributed by atoms with Gasteiger partial charge in [0.2, 0.25) is 0 Å². The zero-order chi connectivity index (χ0) is 18.1.